The molecule has 9 heteroatoms. The molecule has 1 aromatic heterocycles. The van der Waals surface area contributed by atoms with Gasteiger partial charge in [-0.2, -0.15) is 0 Å². The van der Waals surface area contributed by atoms with Crippen molar-refractivity contribution in [3.8, 4) is 11.5 Å². The number of fused-ring (bicyclic) bond motifs is 1. The Bertz CT molecular complexity index is 1520. The lowest BCUT2D eigenvalue weighted by Gasteiger charge is -2.26. The molecule has 0 amide bonds. The second-order valence-electron chi connectivity index (χ2n) is 8.84. The lowest BCUT2D eigenvalue weighted by molar-refractivity contribution is -0.143. The fourth-order valence-corrected chi connectivity index (χ4v) is 5.33. The van der Waals surface area contributed by atoms with Crippen molar-refractivity contribution in [2.45, 2.75) is 46.3 Å². The van der Waals surface area contributed by atoms with Gasteiger partial charge in [0.25, 0.3) is 5.56 Å². The maximum absolute atomic E-state index is 13.8. The summed E-state index contributed by atoms with van der Waals surface area (Å²) in [5.41, 5.74) is 1.89. The smallest absolute Gasteiger partial charge is 0.338 e. The maximum Gasteiger partial charge on any atom is 0.338 e. The molecule has 1 aliphatic rings. The van der Waals surface area contributed by atoms with Gasteiger partial charge in [-0.15, -0.1) is 0 Å². The highest BCUT2D eigenvalue weighted by molar-refractivity contribution is 7.07. The van der Waals surface area contributed by atoms with Crippen LogP contribution >= 0.6 is 22.9 Å². The Hall–Kier alpha value is -3.36. The van der Waals surface area contributed by atoms with Gasteiger partial charge in [0.2, 0.25) is 0 Å². The highest BCUT2D eigenvalue weighted by Crippen LogP contribution is 2.37. The van der Waals surface area contributed by atoms with Crippen molar-refractivity contribution in [2.24, 2.45) is 4.99 Å². The Morgan fingerprint density at radius 2 is 1.95 bits per heavy atom. The van der Waals surface area contributed by atoms with Gasteiger partial charge in [-0.3, -0.25) is 9.36 Å². The average molecular weight is 541 g/mol. The van der Waals surface area contributed by atoms with Crippen LogP contribution in [-0.4, -0.2) is 30.4 Å². The number of carbonyl (C=O) groups is 1. The minimum Gasteiger partial charge on any atom is -0.496 e. The van der Waals surface area contributed by atoms with Gasteiger partial charge in [0.15, 0.2) is 4.80 Å². The highest BCUT2D eigenvalue weighted by Gasteiger charge is 2.35. The average Bonchev–Trinajstić information content (AvgIpc) is 3.16. The molecule has 0 fully saturated rings. The summed E-state index contributed by atoms with van der Waals surface area (Å²) < 4.78 is 18.8. The number of aromatic nitrogens is 1. The fraction of sp³-hybridized carbons (Fsp3) is 0.321. The van der Waals surface area contributed by atoms with Crippen molar-refractivity contribution >= 4 is 35.0 Å². The molecule has 0 aliphatic carbocycles. The summed E-state index contributed by atoms with van der Waals surface area (Å²) in [6.45, 7) is 7.99. The van der Waals surface area contributed by atoms with Crippen LogP contribution < -0.4 is 24.4 Å². The summed E-state index contributed by atoms with van der Waals surface area (Å²) in [4.78, 5) is 32.2. The molecule has 0 N–H and O–H groups in total. The Morgan fingerprint density at radius 1 is 1.22 bits per heavy atom. The van der Waals surface area contributed by atoms with E-state index in [1.54, 1.807) is 39.0 Å². The fourth-order valence-electron chi connectivity index (χ4n) is 4.10. The number of allylic oxidation sites excluding steroid dienone is 1. The monoisotopic (exact) mass is 540 g/mol. The molecule has 0 saturated heterocycles. The molecular weight excluding hydrogens is 512 g/mol. The minimum atomic E-state index is -0.817. The van der Waals surface area contributed by atoms with Crippen LogP contribution in [0.5, 0.6) is 11.5 Å². The van der Waals surface area contributed by atoms with Crippen LogP contribution in [0, 0.1) is 0 Å². The van der Waals surface area contributed by atoms with E-state index >= 15 is 0 Å². The van der Waals surface area contributed by atoms with Gasteiger partial charge in [0.05, 0.1) is 35.6 Å². The van der Waals surface area contributed by atoms with E-state index in [1.165, 1.54) is 23.0 Å². The maximum atomic E-state index is 13.8. The molecule has 1 aliphatic heterocycles. The number of methoxy groups -OCH3 is 1. The van der Waals surface area contributed by atoms with Crippen molar-refractivity contribution < 1.29 is 19.0 Å². The quantitative estimate of drug-likeness (QED) is 0.389. The highest BCUT2D eigenvalue weighted by atomic mass is 35.5. The molecule has 1 atom stereocenters. The van der Waals surface area contributed by atoms with E-state index < -0.39 is 12.0 Å². The number of nitrogens with zero attached hydrogens (tertiary/aromatic N) is 2. The predicted octanol–water partition coefficient (Wildman–Crippen LogP) is 4.64. The van der Waals surface area contributed by atoms with Crippen LogP contribution in [0.25, 0.3) is 6.08 Å². The standard InChI is InChI=1S/C28H29ClN2O5S/c1-6-13-35-20-10-7-18(8-11-20)14-23-26(32)31-25(21-15-19(29)9-12-22(21)34-5)24(27(33)36-16(2)3)17(4)30-28(31)37-23/h7-12,14-16,25H,6,13H2,1-5H3/b23-14+/t25-/m0/s1. The van der Waals surface area contributed by atoms with Crippen molar-refractivity contribution in [3.05, 3.63) is 89.6 Å². The molecule has 2 heterocycles. The van der Waals surface area contributed by atoms with E-state index in [1.807, 2.05) is 30.3 Å². The van der Waals surface area contributed by atoms with Gasteiger partial charge in [-0.05, 0) is 69.2 Å². The molecule has 37 heavy (non-hydrogen) atoms. The van der Waals surface area contributed by atoms with Gasteiger partial charge in [-0.1, -0.05) is 42.0 Å². The molecule has 3 aromatic rings. The number of halogens is 1. The second-order valence-corrected chi connectivity index (χ2v) is 10.3. The molecule has 7 nitrogen and oxygen atoms in total. The largest absolute Gasteiger partial charge is 0.496 e. The van der Waals surface area contributed by atoms with E-state index in [9.17, 15) is 9.59 Å². The number of carbonyl (C=O) groups excluding carboxylic acids is 1. The number of esters is 1. The lowest BCUT2D eigenvalue weighted by Crippen LogP contribution is -2.40. The van der Waals surface area contributed by atoms with Crippen molar-refractivity contribution in [3.63, 3.8) is 0 Å². The molecule has 0 unspecified atom stereocenters. The Kier molecular flexibility index (Phi) is 8.19. The van der Waals surface area contributed by atoms with E-state index in [4.69, 9.17) is 25.8 Å². The first kappa shape index (κ1) is 26.7. The molecule has 0 saturated carbocycles. The normalized spacial score (nSPS) is 15.4. The lowest BCUT2D eigenvalue weighted by atomic mass is 9.95. The summed E-state index contributed by atoms with van der Waals surface area (Å²) in [6.07, 6.45) is 2.39. The Balaban J connectivity index is 1.90. The topological polar surface area (TPSA) is 79.1 Å². The number of hydrogen-bond donors (Lipinski definition) is 0. The first-order valence-corrected chi connectivity index (χ1v) is 13.2. The summed E-state index contributed by atoms with van der Waals surface area (Å²) in [5, 5.41) is 0.453. The number of rotatable bonds is 8. The molecular formula is C28H29ClN2O5S. The minimum absolute atomic E-state index is 0.269. The third-order valence-corrected chi connectivity index (χ3v) is 6.94. The first-order chi connectivity index (χ1) is 17.7. The number of hydrogen-bond acceptors (Lipinski definition) is 7. The van der Waals surface area contributed by atoms with Crippen LogP contribution in [0.3, 0.4) is 0 Å². The number of thiazole rings is 1. The molecule has 194 valence electrons. The van der Waals surface area contributed by atoms with E-state index in [0.717, 1.165) is 17.7 Å². The SMILES string of the molecule is CCCOc1ccc(/C=c2/sc3n(c2=O)[C@@H](c2cc(Cl)ccc2OC)C(C(=O)OC(C)C)=C(C)N=3)cc1. The number of ether oxygens (including phenoxy) is 3. The van der Waals surface area contributed by atoms with Crippen LogP contribution in [-0.2, 0) is 9.53 Å². The third-order valence-electron chi connectivity index (χ3n) is 5.72. The zero-order chi connectivity index (χ0) is 26.7. The first-order valence-electron chi connectivity index (χ1n) is 12.0. The summed E-state index contributed by atoms with van der Waals surface area (Å²) in [7, 11) is 1.53. The molecule has 0 radical (unpaired) electrons. The van der Waals surface area contributed by atoms with E-state index in [2.05, 4.69) is 11.9 Å². The molecule has 2 aromatic carbocycles. The van der Waals surface area contributed by atoms with Crippen LogP contribution in [0.1, 0.15) is 51.3 Å². The van der Waals surface area contributed by atoms with Crippen LogP contribution in [0.15, 0.2) is 63.5 Å². The summed E-state index contributed by atoms with van der Waals surface area (Å²) in [6, 6.07) is 11.9. The summed E-state index contributed by atoms with van der Waals surface area (Å²) in [5.74, 6) is 0.730. The zero-order valence-corrected chi connectivity index (χ0v) is 23.0. The molecule has 0 bridgehead atoms. The zero-order valence-electron chi connectivity index (χ0n) is 21.4. The van der Waals surface area contributed by atoms with Crippen molar-refractivity contribution in [1.29, 1.82) is 0 Å². The Morgan fingerprint density at radius 3 is 2.59 bits per heavy atom. The van der Waals surface area contributed by atoms with E-state index in [0.29, 0.717) is 38.0 Å². The second kappa shape index (κ2) is 11.4. The van der Waals surface area contributed by atoms with Crippen LogP contribution in [0.2, 0.25) is 5.02 Å². The Labute approximate surface area is 224 Å². The van der Waals surface area contributed by atoms with E-state index in [-0.39, 0.29) is 17.2 Å². The molecule has 0 spiro atoms. The van der Waals surface area contributed by atoms with Crippen molar-refractivity contribution in [1.82, 2.24) is 4.57 Å². The molecule has 4 rings (SSSR count). The van der Waals surface area contributed by atoms with Crippen molar-refractivity contribution in [2.75, 3.05) is 13.7 Å². The van der Waals surface area contributed by atoms with Gasteiger partial charge < -0.3 is 14.2 Å². The number of benzene rings is 2. The van der Waals surface area contributed by atoms with Gasteiger partial charge in [-0.25, -0.2) is 9.79 Å². The predicted molar refractivity (Wildman–Crippen MR) is 145 cm³/mol. The van der Waals surface area contributed by atoms with Gasteiger partial charge >= 0.3 is 5.97 Å². The van der Waals surface area contributed by atoms with Gasteiger partial charge in [0, 0.05) is 10.6 Å². The third kappa shape index (κ3) is 5.65. The van der Waals surface area contributed by atoms with Crippen LogP contribution in [0.4, 0.5) is 0 Å². The van der Waals surface area contributed by atoms with Gasteiger partial charge in [0.1, 0.15) is 17.5 Å². The summed E-state index contributed by atoms with van der Waals surface area (Å²) >= 11 is 7.61.